The second-order valence-electron chi connectivity index (χ2n) is 5.03. The Balaban J connectivity index is 2.93. The fourth-order valence-electron chi connectivity index (χ4n) is 1.67. The first-order chi connectivity index (χ1) is 11.9. The zero-order valence-corrected chi connectivity index (χ0v) is 15.6. The molecule has 0 unspecified atom stereocenters. The lowest BCUT2D eigenvalue weighted by molar-refractivity contribution is -0.0165. The van der Waals surface area contributed by atoms with Crippen molar-refractivity contribution in [1.29, 1.82) is 0 Å². The highest BCUT2D eigenvalue weighted by Gasteiger charge is 1.94. The number of likely N-dealkylation sites (N-methyl/N-ethyl adjacent to an activating group) is 1. The van der Waals surface area contributed by atoms with E-state index >= 15 is 0 Å². The van der Waals surface area contributed by atoms with Gasteiger partial charge in [-0.15, -0.1) is 0 Å². The van der Waals surface area contributed by atoms with Gasteiger partial charge in [-0.1, -0.05) is 13.8 Å². The van der Waals surface area contributed by atoms with E-state index in [4.69, 9.17) is 28.4 Å². The summed E-state index contributed by atoms with van der Waals surface area (Å²) in [5.41, 5.74) is 0. The standard InChI is InChI=1S/C17H37NO6/c1-3-6-19-8-10-21-12-14-23-16-17-24-15-13-22-11-9-20-7-5-18-4-2/h18H,3-17H2,1-2H3. The van der Waals surface area contributed by atoms with Crippen LogP contribution in [0.4, 0.5) is 0 Å². The van der Waals surface area contributed by atoms with Gasteiger partial charge in [0.15, 0.2) is 0 Å². The highest BCUT2D eigenvalue weighted by atomic mass is 16.6. The van der Waals surface area contributed by atoms with Crippen LogP contribution in [0.5, 0.6) is 0 Å². The van der Waals surface area contributed by atoms with Gasteiger partial charge < -0.3 is 33.7 Å². The largest absolute Gasteiger partial charge is 0.379 e. The Bertz CT molecular complexity index is 199. The quantitative estimate of drug-likeness (QED) is 0.311. The molecular weight excluding hydrogens is 314 g/mol. The summed E-state index contributed by atoms with van der Waals surface area (Å²) >= 11 is 0. The summed E-state index contributed by atoms with van der Waals surface area (Å²) in [6, 6.07) is 0. The van der Waals surface area contributed by atoms with Gasteiger partial charge in [0.25, 0.3) is 0 Å². The summed E-state index contributed by atoms with van der Waals surface area (Å²) in [6.45, 7) is 13.5. The Hall–Kier alpha value is -0.280. The zero-order chi connectivity index (χ0) is 17.6. The minimum atomic E-state index is 0.572. The minimum Gasteiger partial charge on any atom is -0.379 e. The van der Waals surface area contributed by atoms with Crippen molar-refractivity contribution in [2.45, 2.75) is 20.3 Å². The van der Waals surface area contributed by atoms with Crippen molar-refractivity contribution in [2.75, 3.05) is 92.4 Å². The molecule has 0 aliphatic rings. The van der Waals surface area contributed by atoms with E-state index in [0.29, 0.717) is 66.1 Å². The van der Waals surface area contributed by atoms with Gasteiger partial charge >= 0.3 is 0 Å². The number of hydrogen-bond donors (Lipinski definition) is 1. The maximum Gasteiger partial charge on any atom is 0.0701 e. The van der Waals surface area contributed by atoms with Crippen LogP contribution < -0.4 is 5.32 Å². The van der Waals surface area contributed by atoms with Crippen LogP contribution in [-0.4, -0.2) is 92.4 Å². The van der Waals surface area contributed by atoms with Crippen LogP contribution in [0.1, 0.15) is 20.3 Å². The lowest BCUT2D eigenvalue weighted by Crippen LogP contribution is -2.20. The Labute approximate surface area is 147 Å². The predicted molar refractivity (Wildman–Crippen MR) is 93.7 cm³/mol. The van der Waals surface area contributed by atoms with Gasteiger partial charge in [-0.05, 0) is 13.0 Å². The molecule has 0 amide bonds. The molecule has 0 aliphatic carbocycles. The van der Waals surface area contributed by atoms with Crippen LogP contribution in [0.25, 0.3) is 0 Å². The van der Waals surface area contributed by atoms with Gasteiger partial charge in [0.2, 0.25) is 0 Å². The van der Waals surface area contributed by atoms with Crippen molar-refractivity contribution in [3.05, 3.63) is 0 Å². The monoisotopic (exact) mass is 351 g/mol. The highest BCUT2D eigenvalue weighted by molar-refractivity contribution is 4.40. The molecule has 146 valence electrons. The molecular formula is C17H37NO6. The van der Waals surface area contributed by atoms with Gasteiger partial charge in [0, 0.05) is 13.2 Å². The molecule has 0 aromatic heterocycles. The smallest absolute Gasteiger partial charge is 0.0701 e. The Morgan fingerprint density at radius 3 is 1.12 bits per heavy atom. The SMILES string of the molecule is CCCOCCOCCOCCOCCOCCOCCNCC. The van der Waals surface area contributed by atoms with E-state index in [2.05, 4.69) is 19.2 Å². The summed E-state index contributed by atoms with van der Waals surface area (Å²) < 4.78 is 32.3. The maximum absolute atomic E-state index is 5.40. The summed E-state index contributed by atoms with van der Waals surface area (Å²) in [7, 11) is 0. The van der Waals surface area contributed by atoms with Crippen LogP contribution in [0, 0.1) is 0 Å². The average Bonchev–Trinajstić information content (AvgIpc) is 2.60. The van der Waals surface area contributed by atoms with E-state index in [-0.39, 0.29) is 0 Å². The van der Waals surface area contributed by atoms with Crippen LogP contribution in [0.2, 0.25) is 0 Å². The molecule has 0 aromatic carbocycles. The van der Waals surface area contributed by atoms with Gasteiger partial charge in [0.05, 0.1) is 72.7 Å². The molecule has 1 N–H and O–H groups in total. The zero-order valence-electron chi connectivity index (χ0n) is 15.6. The summed E-state index contributed by atoms with van der Waals surface area (Å²) in [6.07, 6.45) is 1.04. The van der Waals surface area contributed by atoms with E-state index < -0.39 is 0 Å². The fourth-order valence-corrected chi connectivity index (χ4v) is 1.67. The van der Waals surface area contributed by atoms with Crippen LogP contribution in [-0.2, 0) is 28.4 Å². The molecule has 0 saturated carbocycles. The van der Waals surface area contributed by atoms with Crippen molar-refractivity contribution < 1.29 is 28.4 Å². The van der Waals surface area contributed by atoms with E-state index in [1.54, 1.807) is 0 Å². The van der Waals surface area contributed by atoms with E-state index in [1.165, 1.54) is 0 Å². The molecule has 0 bridgehead atoms. The van der Waals surface area contributed by atoms with E-state index in [1.807, 2.05) is 0 Å². The molecule has 0 radical (unpaired) electrons. The van der Waals surface area contributed by atoms with Crippen molar-refractivity contribution in [3.8, 4) is 0 Å². The Morgan fingerprint density at radius 2 is 0.792 bits per heavy atom. The molecule has 0 saturated heterocycles. The molecule has 0 heterocycles. The highest BCUT2D eigenvalue weighted by Crippen LogP contribution is 1.85. The molecule has 7 nitrogen and oxygen atoms in total. The van der Waals surface area contributed by atoms with Crippen molar-refractivity contribution in [1.82, 2.24) is 5.32 Å². The lowest BCUT2D eigenvalue weighted by Gasteiger charge is -2.08. The van der Waals surface area contributed by atoms with Gasteiger partial charge in [0.1, 0.15) is 0 Å². The lowest BCUT2D eigenvalue weighted by atomic mass is 10.5. The topological polar surface area (TPSA) is 67.4 Å². The molecule has 0 fully saturated rings. The van der Waals surface area contributed by atoms with Crippen LogP contribution in [0.3, 0.4) is 0 Å². The van der Waals surface area contributed by atoms with Crippen LogP contribution >= 0.6 is 0 Å². The number of nitrogens with one attached hydrogen (secondary N) is 1. The third-order valence-corrected chi connectivity index (χ3v) is 2.88. The first-order valence-corrected chi connectivity index (χ1v) is 9.09. The summed E-state index contributed by atoms with van der Waals surface area (Å²) in [5.74, 6) is 0. The first-order valence-electron chi connectivity index (χ1n) is 9.09. The second-order valence-corrected chi connectivity index (χ2v) is 5.03. The Morgan fingerprint density at radius 1 is 0.458 bits per heavy atom. The Kier molecular flexibility index (Phi) is 22.5. The molecule has 0 aromatic rings. The van der Waals surface area contributed by atoms with Gasteiger partial charge in [-0.3, -0.25) is 0 Å². The minimum absolute atomic E-state index is 0.572. The summed E-state index contributed by atoms with van der Waals surface area (Å²) in [4.78, 5) is 0. The fraction of sp³-hybridized carbons (Fsp3) is 1.00. The van der Waals surface area contributed by atoms with E-state index in [0.717, 1.165) is 32.7 Å². The normalized spacial score (nSPS) is 11.2. The number of rotatable bonds is 21. The van der Waals surface area contributed by atoms with Crippen molar-refractivity contribution >= 4 is 0 Å². The van der Waals surface area contributed by atoms with E-state index in [9.17, 15) is 0 Å². The summed E-state index contributed by atoms with van der Waals surface area (Å²) in [5, 5.41) is 3.19. The predicted octanol–water partition coefficient (Wildman–Crippen LogP) is 1.11. The third-order valence-electron chi connectivity index (χ3n) is 2.88. The van der Waals surface area contributed by atoms with Crippen molar-refractivity contribution in [2.24, 2.45) is 0 Å². The van der Waals surface area contributed by atoms with Gasteiger partial charge in [-0.2, -0.15) is 0 Å². The number of ether oxygens (including phenoxy) is 6. The molecule has 0 rings (SSSR count). The number of hydrogen-bond acceptors (Lipinski definition) is 7. The third kappa shape index (κ3) is 21.7. The molecule has 7 heteroatoms. The second kappa shape index (κ2) is 22.7. The molecule has 0 spiro atoms. The van der Waals surface area contributed by atoms with Crippen LogP contribution in [0.15, 0.2) is 0 Å². The molecule has 0 aliphatic heterocycles. The average molecular weight is 351 g/mol. The molecule has 24 heavy (non-hydrogen) atoms. The van der Waals surface area contributed by atoms with Gasteiger partial charge in [-0.25, -0.2) is 0 Å². The maximum atomic E-state index is 5.40. The van der Waals surface area contributed by atoms with Crippen molar-refractivity contribution in [3.63, 3.8) is 0 Å². The molecule has 0 atom stereocenters. The first kappa shape index (κ1) is 23.7.